The van der Waals surface area contributed by atoms with Crippen molar-refractivity contribution in [1.29, 1.82) is 0 Å². The number of hydrogen-bond acceptors (Lipinski definition) is 6. The minimum absolute atomic E-state index is 0.0221. The average molecular weight is 357 g/mol. The van der Waals surface area contributed by atoms with Gasteiger partial charge in [-0.1, -0.05) is 36.4 Å². The summed E-state index contributed by atoms with van der Waals surface area (Å²) >= 11 is 2.88. The minimum atomic E-state index is -0.366. The zero-order valence-corrected chi connectivity index (χ0v) is 14.4. The first-order valence-corrected chi connectivity index (χ1v) is 9.14. The van der Waals surface area contributed by atoms with Gasteiger partial charge >= 0.3 is 5.97 Å². The minimum Gasteiger partial charge on any atom is -0.460 e. The van der Waals surface area contributed by atoms with E-state index in [9.17, 15) is 9.59 Å². The van der Waals surface area contributed by atoms with Crippen LogP contribution in [-0.2, 0) is 16.1 Å². The number of esters is 1. The lowest BCUT2D eigenvalue weighted by Gasteiger charge is -2.02. The molecule has 0 fully saturated rings. The van der Waals surface area contributed by atoms with Gasteiger partial charge in [0.05, 0.1) is 16.2 Å². The first-order valence-electron chi connectivity index (χ1n) is 7.45. The van der Waals surface area contributed by atoms with Crippen molar-refractivity contribution in [2.45, 2.75) is 19.4 Å². The standard InChI is InChI=1S/C18H15NO3S2/c20-15(16-7-4-10-23-16)8-9-17(21)22-12-14-11-19-18(24-14)13-5-2-1-3-6-13/h1-7,10-11H,8-9,12H2. The van der Waals surface area contributed by atoms with Gasteiger partial charge in [-0.25, -0.2) is 4.98 Å². The third-order valence-electron chi connectivity index (χ3n) is 3.30. The van der Waals surface area contributed by atoms with Gasteiger partial charge in [-0.2, -0.15) is 0 Å². The molecule has 0 saturated heterocycles. The second kappa shape index (κ2) is 7.99. The number of Topliss-reactive ketones (excluding diaryl/α,β-unsaturated/α-hetero) is 1. The van der Waals surface area contributed by atoms with Crippen molar-refractivity contribution < 1.29 is 14.3 Å². The van der Waals surface area contributed by atoms with Gasteiger partial charge in [0.1, 0.15) is 11.6 Å². The van der Waals surface area contributed by atoms with Gasteiger partial charge in [-0.05, 0) is 11.4 Å². The molecule has 2 heterocycles. The van der Waals surface area contributed by atoms with Gasteiger partial charge in [0.25, 0.3) is 0 Å². The molecule has 0 amide bonds. The molecule has 0 aliphatic rings. The normalized spacial score (nSPS) is 10.5. The summed E-state index contributed by atoms with van der Waals surface area (Å²) in [6, 6.07) is 13.4. The van der Waals surface area contributed by atoms with Crippen LogP contribution in [0.2, 0.25) is 0 Å². The van der Waals surface area contributed by atoms with E-state index in [4.69, 9.17) is 4.74 Å². The van der Waals surface area contributed by atoms with Crippen molar-refractivity contribution in [2.75, 3.05) is 0 Å². The number of thiazole rings is 1. The van der Waals surface area contributed by atoms with Gasteiger partial charge < -0.3 is 4.74 Å². The molecule has 4 nitrogen and oxygen atoms in total. The molecule has 0 unspecified atom stereocenters. The van der Waals surface area contributed by atoms with Crippen molar-refractivity contribution in [2.24, 2.45) is 0 Å². The first kappa shape index (κ1) is 16.5. The SMILES string of the molecule is O=C(CCC(=O)c1cccs1)OCc1cnc(-c2ccccc2)s1. The van der Waals surface area contributed by atoms with Crippen molar-refractivity contribution in [3.8, 4) is 10.6 Å². The summed E-state index contributed by atoms with van der Waals surface area (Å²) in [5.41, 5.74) is 1.04. The maximum atomic E-state index is 11.8. The summed E-state index contributed by atoms with van der Waals surface area (Å²) in [4.78, 5) is 29.5. The van der Waals surface area contributed by atoms with Crippen molar-refractivity contribution in [3.63, 3.8) is 0 Å². The number of carbonyl (C=O) groups is 2. The molecule has 24 heavy (non-hydrogen) atoms. The first-order chi connectivity index (χ1) is 11.7. The number of hydrogen-bond donors (Lipinski definition) is 0. The molecular weight excluding hydrogens is 342 g/mol. The zero-order valence-electron chi connectivity index (χ0n) is 12.8. The Balaban J connectivity index is 1.46. The smallest absolute Gasteiger partial charge is 0.306 e. The fourth-order valence-electron chi connectivity index (χ4n) is 2.09. The molecule has 122 valence electrons. The molecule has 0 atom stereocenters. The molecule has 3 aromatic rings. The summed E-state index contributed by atoms with van der Waals surface area (Å²) in [5, 5.41) is 2.74. The molecule has 0 spiro atoms. The molecule has 6 heteroatoms. The van der Waals surface area contributed by atoms with Crippen molar-refractivity contribution in [3.05, 3.63) is 63.8 Å². The predicted molar refractivity (Wildman–Crippen MR) is 95.2 cm³/mol. The molecule has 0 N–H and O–H groups in total. The molecule has 0 saturated carbocycles. The van der Waals surface area contributed by atoms with Crippen LogP contribution in [0, 0.1) is 0 Å². The Morgan fingerprint density at radius 1 is 1.04 bits per heavy atom. The third-order valence-corrected chi connectivity index (χ3v) is 5.23. The van der Waals surface area contributed by atoms with Crippen molar-refractivity contribution >= 4 is 34.4 Å². The summed E-state index contributed by atoms with van der Waals surface area (Å²) in [6.45, 7) is 0.191. The molecule has 2 aromatic heterocycles. The lowest BCUT2D eigenvalue weighted by molar-refractivity contribution is -0.144. The van der Waals surface area contributed by atoms with E-state index < -0.39 is 0 Å². The fourth-order valence-corrected chi connectivity index (χ4v) is 3.61. The molecule has 3 rings (SSSR count). The van der Waals surface area contributed by atoms with Gasteiger partial charge in [-0.3, -0.25) is 9.59 Å². The number of benzene rings is 1. The lowest BCUT2D eigenvalue weighted by atomic mass is 10.2. The summed E-state index contributed by atoms with van der Waals surface area (Å²) < 4.78 is 5.23. The second-order valence-corrected chi connectivity index (χ2v) is 7.12. The zero-order chi connectivity index (χ0) is 16.8. The second-order valence-electron chi connectivity index (χ2n) is 5.06. The van der Waals surface area contributed by atoms with E-state index in [0.717, 1.165) is 15.4 Å². The van der Waals surface area contributed by atoms with Crippen molar-refractivity contribution in [1.82, 2.24) is 4.98 Å². The van der Waals surface area contributed by atoms with E-state index in [-0.39, 0.29) is 31.2 Å². The Bertz CT molecular complexity index is 810. The van der Waals surface area contributed by atoms with Crippen LogP contribution in [0.3, 0.4) is 0 Å². The molecule has 0 aliphatic carbocycles. The highest BCUT2D eigenvalue weighted by Crippen LogP contribution is 2.25. The van der Waals surface area contributed by atoms with E-state index >= 15 is 0 Å². The molecule has 0 aliphatic heterocycles. The average Bonchev–Trinajstić information content (AvgIpc) is 3.30. The Morgan fingerprint density at radius 2 is 1.88 bits per heavy atom. The summed E-state index contributed by atoms with van der Waals surface area (Å²) in [5.74, 6) is -0.388. The van der Waals surface area contributed by atoms with E-state index in [2.05, 4.69) is 4.98 Å². The van der Waals surface area contributed by atoms with Crippen LogP contribution in [0.5, 0.6) is 0 Å². The predicted octanol–water partition coefficient (Wildman–Crippen LogP) is 4.58. The van der Waals surface area contributed by atoms with E-state index in [0.29, 0.717) is 4.88 Å². The van der Waals surface area contributed by atoms with Gasteiger partial charge in [0.15, 0.2) is 5.78 Å². The maximum absolute atomic E-state index is 11.8. The van der Waals surface area contributed by atoms with Crippen LogP contribution in [0.4, 0.5) is 0 Å². The maximum Gasteiger partial charge on any atom is 0.306 e. The van der Waals surface area contributed by atoms with Crippen LogP contribution >= 0.6 is 22.7 Å². The van der Waals surface area contributed by atoms with E-state index in [1.165, 1.54) is 22.7 Å². The quantitative estimate of drug-likeness (QED) is 0.459. The number of ether oxygens (including phenoxy) is 1. The third kappa shape index (κ3) is 4.37. The number of rotatable bonds is 7. The van der Waals surface area contributed by atoms with Gasteiger partial charge in [0.2, 0.25) is 0 Å². The van der Waals surface area contributed by atoms with Crippen LogP contribution in [-0.4, -0.2) is 16.7 Å². The fraction of sp³-hybridized carbons (Fsp3) is 0.167. The summed E-state index contributed by atoms with van der Waals surface area (Å²) in [7, 11) is 0. The Labute approximate surface area is 147 Å². The largest absolute Gasteiger partial charge is 0.460 e. The van der Waals surface area contributed by atoms with Crippen LogP contribution in [0.15, 0.2) is 54.0 Å². The highest BCUT2D eigenvalue weighted by molar-refractivity contribution is 7.15. The topological polar surface area (TPSA) is 56.3 Å². The summed E-state index contributed by atoms with van der Waals surface area (Å²) in [6.07, 6.45) is 2.00. The van der Waals surface area contributed by atoms with E-state index in [1.807, 2.05) is 41.8 Å². The molecule has 0 radical (unpaired) electrons. The van der Waals surface area contributed by atoms with Gasteiger partial charge in [0, 0.05) is 18.2 Å². The van der Waals surface area contributed by atoms with Crippen LogP contribution in [0.1, 0.15) is 27.4 Å². The van der Waals surface area contributed by atoms with Crippen LogP contribution in [0.25, 0.3) is 10.6 Å². The Hall–Kier alpha value is -2.31. The number of thiophene rings is 1. The lowest BCUT2D eigenvalue weighted by Crippen LogP contribution is -2.07. The van der Waals surface area contributed by atoms with Crippen LogP contribution < -0.4 is 0 Å². The number of carbonyl (C=O) groups excluding carboxylic acids is 2. The number of nitrogens with zero attached hydrogens (tertiary/aromatic N) is 1. The monoisotopic (exact) mass is 357 g/mol. The highest BCUT2D eigenvalue weighted by Gasteiger charge is 2.12. The van der Waals surface area contributed by atoms with Gasteiger partial charge in [-0.15, -0.1) is 22.7 Å². The Morgan fingerprint density at radius 3 is 2.62 bits per heavy atom. The Kier molecular flexibility index (Phi) is 5.51. The molecule has 1 aromatic carbocycles. The highest BCUT2D eigenvalue weighted by atomic mass is 32.1. The number of ketones is 1. The number of aromatic nitrogens is 1. The van der Waals surface area contributed by atoms with E-state index in [1.54, 1.807) is 12.3 Å². The molecule has 0 bridgehead atoms. The molecular formula is C18H15NO3S2.